The molecule has 144 valence electrons. The first kappa shape index (κ1) is 20.2. The molecule has 1 aromatic carbocycles. The highest BCUT2D eigenvalue weighted by Crippen LogP contribution is 2.40. The second-order valence-corrected chi connectivity index (χ2v) is 8.66. The Morgan fingerprint density at radius 1 is 1.26 bits per heavy atom. The van der Waals surface area contributed by atoms with Crippen molar-refractivity contribution in [1.29, 1.82) is 0 Å². The van der Waals surface area contributed by atoms with E-state index < -0.39 is 5.91 Å². The molecule has 0 bridgehead atoms. The van der Waals surface area contributed by atoms with Crippen molar-refractivity contribution in [3.8, 4) is 0 Å². The van der Waals surface area contributed by atoms with E-state index in [1.807, 2.05) is 6.92 Å². The number of nitrogens with one attached hydrogen (secondary N) is 1. The van der Waals surface area contributed by atoms with Crippen molar-refractivity contribution in [2.45, 2.75) is 39.5 Å². The van der Waals surface area contributed by atoms with Crippen LogP contribution in [-0.2, 0) is 17.6 Å². The molecule has 0 aliphatic heterocycles. The summed E-state index contributed by atoms with van der Waals surface area (Å²) in [6.07, 6.45) is 3.47. The molecule has 27 heavy (non-hydrogen) atoms. The van der Waals surface area contributed by atoms with Crippen LogP contribution < -0.4 is 5.32 Å². The van der Waals surface area contributed by atoms with E-state index in [0.29, 0.717) is 23.1 Å². The third-order valence-electron chi connectivity index (χ3n) is 4.57. The zero-order chi connectivity index (χ0) is 19.6. The molecule has 4 nitrogen and oxygen atoms in total. The second-order valence-electron chi connectivity index (χ2n) is 6.74. The molecule has 1 heterocycles. The van der Waals surface area contributed by atoms with Crippen molar-refractivity contribution < 1.29 is 14.3 Å². The summed E-state index contributed by atoms with van der Waals surface area (Å²) < 4.78 is 5.37. The van der Waals surface area contributed by atoms with E-state index in [-0.39, 0.29) is 21.6 Å². The zero-order valence-corrected chi connectivity index (χ0v) is 17.6. The van der Waals surface area contributed by atoms with Gasteiger partial charge in [0.05, 0.1) is 27.8 Å². The lowest BCUT2D eigenvalue weighted by Gasteiger charge is -2.18. The van der Waals surface area contributed by atoms with Crippen LogP contribution in [0.2, 0.25) is 10.0 Å². The van der Waals surface area contributed by atoms with Gasteiger partial charge >= 0.3 is 5.97 Å². The first-order valence-electron chi connectivity index (χ1n) is 8.99. The van der Waals surface area contributed by atoms with Gasteiger partial charge in [-0.1, -0.05) is 43.1 Å². The minimum absolute atomic E-state index is 0.202. The Balaban J connectivity index is 1.97. The van der Waals surface area contributed by atoms with Gasteiger partial charge in [0.1, 0.15) is 5.00 Å². The number of carbonyl (C=O) groups is 2. The van der Waals surface area contributed by atoms with E-state index in [0.717, 1.165) is 36.1 Å². The van der Waals surface area contributed by atoms with Crippen LogP contribution >= 0.6 is 34.5 Å². The average molecular weight is 426 g/mol. The second kappa shape index (κ2) is 8.63. The zero-order valence-electron chi connectivity index (χ0n) is 15.2. The highest BCUT2D eigenvalue weighted by atomic mass is 35.5. The maximum absolute atomic E-state index is 12.8. The molecule has 0 spiro atoms. The first-order chi connectivity index (χ1) is 12.9. The van der Waals surface area contributed by atoms with Crippen LogP contribution in [-0.4, -0.2) is 18.5 Å². The van der Waals surface area contributed by atoms with Crippen LogP contribution in [0.25, 0.3) is 0 Å². The molecule has 1 aliphatic rings. The van der Waals surface area contributed by atoms with Crippen molar-refractivity contribution in [2.75, 3.05) is 11.9 Å². The third-order valence-corrected chi connectivity index (χ3v) is 6.37. The van der Waals surface area contributed by atoms with Crippen LogP contribution in [0.15, 0.2) is 18.2 Å². The molecule has 1 atom stereocenters. The lowest BCUT2D eigenvalue weighted by Crippen LogP contribution is -2.17. The topological polar surface area (TPSA) is 55.4 Å². The number of thiophene rings is 1. The van der Waals surface area contributed by atoms with Crippen molar-refractivity contribution in [2.24, 2.45) is 5.92 Å². The maximum atomic E-state index is 12.8. The molecule has 1 N–H and O–H groups in total. The van der Waals surface area contributed by atoms with Crippen LogP contribution in [0, 0.1) is 5.92 Å². The molecule has 0 saturated carbocycles. The number of esters is 1. The number of amides is 1. The molecule has 1 amide bonds. The maximum Gasteiger partial charge on any atom is 0.341 e. The molecular formula is C20H21Cl2NO3S. The largest absolute Gasteiger partial charge is 0.462 e. The monoisotopic (exact) mass is 425 g/mol. The molecule has 1 aromatic heterocycles. The summed E-state index contributed by atoms with van der Waals surface area (Å²) in [5, 5.41) is 3.90. The number of hydrogen-bond acceptors (Lipinski definition) is 4. The van der Waals surface area contributed by atoms with Gasteiger partial charge in [0, 0.05) is 4.88 Å². The molecule has 0 fully saturated rings. The Kier molecular flexibility index (Phi) is 6.45. The molecule has 3 rings (SSSR count). The van der Waals surface area contributed by atoms with E-state index >= 15 is 0 Å². The number of hydrogen-bond donors (Lipinski definition) is 1. The Morgan fingerprint density at radius 2 is 1.96 bits per heavy atom. The van der Waals surface area contributed by atoms with Crippen molar-refractivity contribution in [3.05, 3.63) is 49.8 Å². The van der Waals surface area contributed by atoms with Gasteiger partial charge in [0.2, 0.25) is 0 Å². The van der Waals surface area contributed by atoms with Crippen LogP contribution in [0.1, 0.15) is 57.8 Å². The molecular weight excluding hydrogens is 405 g/mol. The summed E-state index contributed by atoms with van der Waals surface area (Å²) in [5.41, 5.74) is 1.68. The average Bonchev–Trinajstić information content (AvgIpc) is 2.96. The number of ether oxygens (including phenoxy) is 1. The Bertz CT molecular complexity index is 858. The summed E-state index contributed by atoms with van der Waals surface area (Å²) in [5.74, 6) is -0.261. The third kappa shape index (κ3) is 4.31. The predicted molar refractivity (Wildman–Crippen MR) is 110 cm³/mol. The van der Waals surface area contributed by atoms with Crippen molar-refractivity contribution in [3.63, 3.8) is 0 Å². The number of carbonyl (C=O) groups excluding carboxylic acids is 2. The molecule has 1 unspecified atom stereocenters. The van der Waals surface area contributed by atoms with E-state index in [1.165, 1.54) is 11.3 Å². The van der Waals surface area contributed by atoms with Gasteiger partial charge in [-0.2, -0.15) is 0 Å². The highest BCUT2D eigenvalue weighted by molar-refractivity contribution is 7.17. The smallest absolute Gasteiger partial charge is 0.341 e. The van der Waals surface area contributed by atoms with Gasteiger partial charge in [-0.15, -0.1) is 11.3 Å². The summed E-state index contributed by atoms with van der Waals surface area (Å²) in [4.78, 5) is 26.6. The summed E-state index contributed by atoms with van der Waals surface area (Å²) in [7, 11) is 0. The molecule has 2 aromatic rings. The van der Waals surface area contributed by atoms with E-state index in [1.54, 1.807) is 18.2 Å². The van der Waals surface area contributed by atoms with Crippen molar-refractivity contribution in [1.82, 2.24) is 0 Å². The van der Waals surface area contributed by atoms with Gasteiger partial charge in [-0.25, -0.2) is 4.79 Å². The Morgan fingerprint density at radius 3 is 2.63 bits per heavy atom. The molecule has 0 saturated heterocycles. The molecule has 7 heteroatoms. The number of anilines is 1. The molecule has 0 radical (unpaired) electrons. The van der Waals surface area contributed by atoms with Crippen molar-refractivity contribution >= 4 is 51.4 Å². The van der Waals surface area contributed by atoms with Crippen LogP contribution in [0.3, 0.4) is 0 Å². The van der Waals surface area contributed by atoms with Crippen LogP contribution in [0.5, 0.6) is 0 Å². The SMILES string of the molecule is CCCOC(=O)c1c(NC(=O)c2c(Cl)cccc2Cl)sc2c1CCC(C)C2. The molecule has 1 aliphatic carbocycles. The van der Waals surface area contributed by atoms with E-state index in [9.17, 15) is 9.59 Å². The fourth-order valence-electron chi connectivity index (χ4n) is 3.20. The summed E-state index contributed by atoms with van der Waals surface area (Å²) >= 11 is 13.7. The number of fused-ring (bicyclic) bond motifs is 1. The number of rotatable bonds is 5. The lowest BCUT2D eigenvalue weighted by molar-refractivity contribution is 0.0505. The highest BCUT2D eigenvalue weighted by Gasteiger charge is 2.29. The van der Waals surface area contributed by atoms with Gasteiger partial charge in [-0.3, -0.25) is 4.79 Å². The predicted octanol–water partition coefficient (Wildman–Crippen LogP) is 6.00. The fourth-order valence-corrected chi connectivity index (χ4v) is 5.17. The van der Waals surface area contributed by atoms with Crippen LogP contribution in [0.4, 0.5) is 5.00 Å². The lowest BCUT2D eigenvalue weighted by atomic mass is 9.88. The summed E-state index contributed by atoms with van der Waals surface area (Å²) in [6, 6.07) is 4.90. The minimum atomic E-state index is -0.429. The number of benzene rings is 1. The first-order valence-corrected chi connectivity index (χ1v) is 10.6. The summed E-state index contributed by atoms with van der Waals surface area (Å²) in [6.45, 7) is 4.49. The standard InChI is InChI=1S/C20H21Cl2NO3S/c1-3-9-26-20(25)16-12-8-7-11(2)10-15(12)27-19(16)23-18(24)17-13(21)5-4-6-14(17)22/h4-6,11H,3,7-10H2,1-2H3,(H,23,24). The fraction of sp³-hybridized carbons (Fsp3) is 0.400. The normalized spacial score (nSPS) is 15.9. The van der Waals surface area contributed by atoms with E-state index in [4.69, 9.17) is 27.9 Å². The van der Waals surface area contributed by atoms with E-state index in [2.05, 4.69) is 12.2 Å². The Hall–Kier alpha value is -1.56. The Labute approximate surface area is 172 Å². The minimum Gasteiger partial charge on any atom is -0.462 e. The quantitative estimate of drug-likeness (QED) is 0.597. The van der Waals surface area contributed by atoms with Gasteiger partial charge in [0.25, 0.3) is 5.91 Å². The van der Waals surface area contributed by atoms with Gasteiger partial charge < -0.3 is 10.1 Å². The van der Waals surface area contributed by atoms with Gasteiger partial charge in [0.15, 0.2) is 0 Å². The van der Waals surface area contributed by atoms with Gasteiger partial charge in [-0.05, 0) is 49.3 Å². The number of halogens is 2.